The molecule has 0 N–H and O–H groups in total. The number of hydroxylamine groups is 4. The van der Waals surface area contributed by atoms with Crippen LogP contribution in [0, 0.1) is 0 Å². The molecule has 0 saturated carbocycles. The first-order valence-electron chi connectivity index (χ1n) is 6.88. The van der Waals surface area contributed by atoms with E-state index >= 15 is 0 Å². The Morgan fingerprint density at radius 1 is 0.789 bits per heavy atom. The van der Waals surface area contributed by atoms with Crippen LogP contribution in [0.4, 0.5) is 0 Å². The van der Waals surface area contributed by atoms with Crippen LogP contribution >= 0.6 is 0 Å². The molecule has 2 rings (SSSR count). The maximum atomic E-state index is 10.8. The third-order valence-corrected chi connectivity index (χ3v) is 2.75. The van der Waals surface area contributed by atoms with E-state index in [1.807, 2.05) is 13.8 Å². The van der Waals surface area contributed by atoms with Crippen LogP contribution in [-0.4, -0.2) is 49.2 Å². The van der Waals surface area contributed by atoms with Crippen LogP contribution in [-0.2, 0) is 19.3 Å². The zero-order valence-electron chi connectivity index (χ0n) is 12.5. The predicted molar refractivity (Wildman–Crippen MR) is 71.9 cm³/mol. The molecule has 2 aliphatic rings. The van der Waals surface area contributed by atoms with Gasteiger partial charge in [0.1, 0.15) is 0 Å². The van der Waals surface area contributed by atoms with Gasteiger partial charge in [0.15, 0.2) is 0 Å². The summed E-state index contributed by atoms with van der Waals surface area (Å²) in [4.78, 5) is 30.9. The number of piperidine rings is 1. The monoisotopic (exact) mass is 274 g/mol. The van der Waals surface area contributed by atoms with Crippen LogP contribution < -0.4 is 0 Å². The SMILES string of the molecule is CC.CON1CCCC1=O.CON1CCCCC1=O. The second-order valence-corrected chi connectivity index (χ2v) is 3.92. The van der Waals surface area contributed by atoms with Gasteiger partial charge in [-0.05, 0) is 19.3 Å². The number of hydrogen-bond donors (Lipinski definition) is 0. The maximum absolute atomic E-state index is 10.8. The summed E-state index contributed by atoms with van der Waals surface area (Å²) in [6, 6.07) is 0. The summed E-state index contributed by atoms with van der Waals surface area (Å²) in [5.74, 6) is 0.219. The minimum Gasteiger partial charge on any atom is -0.274 e. The van der Waals surface area contributed by atoms with Gasteiger partial charge in [0, 0.05) is 25.9 Å². The molecule has 0 aliphatic carbocycles. The Bertz CT molecular complexity index is 271. The van der Waals surface area contributed by atoms with E-state index in [-0.39, 0.29) is 11.8 Å². The summed E-state index contributed by atoms with van der Waals surface area (Å²) in [7, 11) is 3.05. The Hall–Kier alpha value is -1.14. The summed E-state index contributed by atoms with van der Waals surface area (Å²) in [5, 5.41) is 2.81. The van der Waals surface area contributed by atoms with Crippen LogP contribution in [0.5, 0.6) is 0 Å². The van der Waals surface area contributed by atoms with Crippen molar-refractivity contribution in [3.05, 3.63) is 0 Å². The molecule has 0 spiro atoms. The lowest BCUT2D eigenvalue weighted by Gasteiger charge is -2.23. The minimum atomic E-state index is 0.104. The first-order chi connectivity index (χ1) is 9.19. The van der Waals surface area contributed by atoms with Crippen molar-refractivity contribution in [2.45, 2.75) is 46.0 Å². The molecule has 6 heteroatoms. The minimum absolute atomic E-state index is 0.104. The average molecular weight is 274 g/mol. The van der Waals surface area contributed by atoms with Gasteiger partial charge in [0.2, 0.25) is 11.8 Å². The number of carbonyl (C=O) groups is 2. The summed E-state index contributed by atoms with van der Waals surface area (Å²) in [6.07, 6.45) is 4.31. The third kappa shape index (κ3) is 6.54. The van der Waals surface area contributed by atoms with Gasteiger partial charge in [-0.2, -0.15) is 0 Å². The van der Waals surface area contributed by atoms with Gasteiger partial charge in [-0.3, -0.25) is 19.3 Å². The number of carbonyl (C=O) groups excluding carboxylic acids is 2. The molecule has 2 saturated heterocycles. The van der Waals surface area contributed by atoms with Crippen LogP contribution in [0.25, 0.3) is 0 Å². The lowest BCUT2D eigenvalue weighted by molar-refractivity contribution is -0.180. The number of hydrogen-bond acceptors (Lipinski definition) is 4. The van der Waals surface area contributed by atoms with E-state index in [1.54, 1.807) is 0 Å². The summed E-state index contributed by atoms with van der Waals surface area (Å²) in [5.41, 5.74) is 0. The standard InChI is InChI=1S/C6H11NO2.C5H9NO2.C2H6/c1-9-7-5-3-2-4-6(7)8;1-8-6-4-2-3-5(6)7;1-2/h2-5H2,1H3;2-4H2,1H3;1-2H3. The fourth-order valence-corrected chi connectivity index (χ4v) is 1.79. The Labute approximate surface area is 115 Å². The third-order valence-electron chi connectivity index (χ3n) is 2.75. The van der Waals surface area contributed by atoms with Crippen molar-refractivity contribution in [2.75, 3.05) is 27.3 Å². The van der Waals surface area contributed by atoms with Gasteiger partial charge >= 0.3 is 0 Å². The zero-order chi connectivity index (χ0) is 14.7. The molecular formula is C13H26N2O4. The van der Waals surface area contributed by atoms with Gasteiger partial charge < -0.3 is 0 Å². The quantitative estimate of drug-likeness (QED) is 0.770. The zero-order valence-corrected chi connectivity index (χ0v) is 12.5. The van der Waals surface area contributed by atoms with E-state index in [9.17, 15) is 9.59 Å². The van der Waals surface area contributed by atoms with Gasteiger partial charge in [-0.1, -0.05) is 13.8 Å². The number of amides is 2. The lowest BCUT2D eigenvalue weighted by atomic mass is 10.2. The van der Waals surface area contributed by atoms with Gasteiger partial charge in [-0.15, -0.1) is 0 Å². The highest BCUT2D eigenvalue weighted by atomic mass is 16.7. The molecule has 0 unspecified atom stereocenters. The second kappa shape index (κ2) is 10.8. The average Bonchev–Trinajstić information content (AvgIpc) is 2.88. The molecule has 0 radical (unpaired) electrons. The van der Waals surface area contributed by atoms with Crippen molar-refractivity contribution in [1.82, 2.24) is 10.1 Å². The fraction of sp³-hybridized carbons (Fsp3) is 0.846. The molecule has 6 nitrogen and oxygen atoms in total. The van der Waals surface area contributed by atoms with E-state index in [1.165, 1.54) is 24.3 Å². The van der Waals surface area contributed by atoms with Crippen molar-refractivity contribution >= 4 is 11.8 Å². The normalized spacial score (nSPS) is 18.5. The first-order valence-corrected chi connectivity index (χ1v) is 6.88. The Morgan fingerprint density at radius 2 is 1.21 bits per heavy atom. The largest absolute Gasteiger partial charge is 0.274 e. The number of nitrogens with zero attached hydrogens (tertiary/aromatic N) is 2. The molecule has 0 aromatic rings. The molecule has 112 valence electrons. The molecule has 0 aromatic carbocycles. The van der Waals surface area contributed by atoms with Crippen LogP contribution in [0.1, 0.15) is 46.0 Å². The highest BCUT2D eigenvalue weighted by molar-refractivity contribution is 5.76. The number of rotatable bonds is 2. The van der Waals surface area contributed by atoms with E-state index < -0.39 is 0 Å². The highest BCUT2D eigenvalue weighted by Gasteiger charge is 2.19. The highest BCUT2D eigenvalue weighted by Crippen LogP contribution is 2.09. The van der Waals surface area contributed by atoms with Crippen molar-refractivity contribution in [2.24, 2.45) is 0 Å². The van der Waals surface area contributed by atoms with Gasteiger partial charge in [0.25, 0.3) is 0 Å². The maximum Gasteiger partial charge on any atom is 0.246 e. The smallest absolute Gasteiger partial charge is 0.246 e. The van der Waals surface area contributed by atoms with E-state index in [4.69, 9.17) is 9.68 Å². The van der Waals surface area contributed by atoms with Gasteiger partial charge in [0.05, 0.1) is 14.2 Å². The second-order valence-electron chi connectivity index (χ2n) is 3.92. The first kappa shape index (κ1) is 17.9. The summed E-state index contributed by atoms with van der Waals surface area (Å²) < 4.78 is 0. The van der Waals surface area contributed by atoms with E-state index in [0.717, 1.165) is 32.4 Å². The summed E-state index contributed by atoms with van der Waals surface area (Å²) in [6.45, 7) is 5.52. The molecule has 2 heterocycles. The van der Waals surface area contributed by atoms with Crippen LogP contribution in [0.2, 0.25) is 0 Å². The van der Waals surface area contributed by atoms with Crippen molar-refractivity contribution < 1.29 is 19.3 Å². The topological polar surface area (TPSA) is 59.1 Å². The molecule has 0 bridgehead atoms. The van der Waals surface area contributed by atoms with Crippen molar-refractivity contribution in [3.63, 3.8) is 0 Å². The molecule has 19 heavy (non-hydrogen) atoms. The molecule has 0 atom stereocenters. The molecular weight excluding hydrogens is 248 g/mol. The molecule has 2 fully saturated rings. The van der Waals surface area contributed by atoms with Crippen LogP contribution in [0.3, 0.4) is 0 Å². The Morgan fingerprint density at radius 3 is 1.47 bits per heavy atom. The van der Waals surface area contributed by atoms with Gasteiger partial charge in [-0.25, -0.2) is 10.1 Å². The molecule has 2 aliphatic heterocycles. The Balaban J connectivity index is 0.000000303. The summed E-state index contributed by atoms with van der Waals surface area (Å²) >= 11 is 0. The van der Waals surface area contributed by atoms with Crippen molar-refractivity contribution in [3.8, 4) is 0 Å². The van der Waals surface area contributed by atoms with Crippen LogP contribution in [0.15, 0.2) is 0 Å². The molecule has 0 aromatic heterocycles. The molecule has 2 amide bonds. The van der Waals surface area contributed by atoms with Crippen molar-refractivity contribution in [1.29, 1.82) is 0 Å². The Kier molecular flexibility index (Phi) is 10.1. The lowest BCUT2D eigenvalue weighted by Crippen LogP contribution is -2.33. The predicted octanol–water partition coefficient (Wildman–Crippen LogP) is 1.76. The van der Waals surface area contributed by atoms with E-state index in [0.29, 0.717) is 12.8 Å². The fourth-order valence-electron chi connectivity index (χ4n) is 1.79. The van der Waals surface area contributed by atoms with E-state index in [2.05, 4.69) is 0 Å².